The van der Waals surface area contributed by atoms with Crippen LogP contribution >= 0.6 is 0 Å². The fourth-order valence-electron chi connectivity index (χ4n) is 1.50. The predicted molar refractivity (Wildman–Crippen MR) is 63.8 cm³/mol. The minimum absolute atomic E-state index is 0.228. The maximum absolute atomic E-state index is 11.7. The topological polar surface area (TPSA) is 34.5 Å². The van der Waals surface area contributed by atoms with Crippen LogP contribution in [0.4, 0.5) is 0 Å². The Hall–Kier alpha value is -1.38. The van der Waals surface area contributed by atoms with Gasteiger partial charge in [0.1, 0.15) is 0 Å². The quantitative estimate of drug-likeness (QED) is 0.743. The van der Waals surface area contributed by atoms with E-state index < -0.39 is 0 Å². The first-order valence-electron chi connectivity index (χ1n) is 5.79. The highest BCUT2D eigenvalue weighted by Crippen LogP contribution is 2.03. The number of rotatable bonds is 5. The third kappa shape index (κ3) is 4.43. The Morgan fingerprint density at radius 2 is 2.19 bits per heavy atom. The second-order valence-electron chi connectivity index (χ2n) is 4.55. The van der Waals surface area contributed by atoms with Crippen molar-refractivity contribution < 1.29 is 9.78 Å². The van der Waals surface area contributed by atoms with Gasteiger partial charge in [0.15, 0.2) is 11.9 Å². The van der Waals surface area contributed by atoms with E-state index in [1.165, 1.54) is 0 Å². The number of carbonyl (C=O) groups is 1. The number of carbonyl (C=O) groups excluding carboxylic acids is 1. The van der Waals surface area contributed by atoms with E-state index in [-0.39, 0.29) is 5.91 Å². The van der Waals surface area contributed by atoms with Crippen LogP contribution in [0, 0.1) is 5.92 Å². The first-order chi connectivity index (χ1) is 7.59. The maximum Gasteiger partial charge on any atom is 0.222 e. The van der Waals surface area contributed by atoms with Crippen LogP contribution in [0.1, 0.15) is 26.0 Å². The molecule has 1 heterocycles. The van der Waals surface area contributed by atoms with Crippen LogP contribution in [0.15, 0.2) is 24.4 Å². The first-order valence-corrected chi connectivity index (χ1v) is 5.79. The van der Waals surface area contributed by atoms with Crippen LogP contribution < -0.4 is 4.98 Å². The Balaban J connectivity index is 2.35. The van der Waals surface area contributed by atoms with Crippen LogP contribution in [0.2, 0.25) is 0 Å². The van der Waals surface area contributed by atoms with Gasteiger partial charge >= 0.3 is 0 Å². The van der Waals surface area contributed by atoms with Crippen molar-refractivity contribution in [1.82, 2.24) is 4.90 Å². The van der Waals surface area contributed by atoms with Gasteiger partial charge in [-0.05, 0) is 5.92 Å². The summed E-state index contributed by atoms with van der Waals surface area (Å²) in [6.45, 7) is 4.90. The molecule has 0 unspecified atom stereocenters. The zero-order chi connectivity index (χ0) is 12.0. The summed E-state index contributed by atoms with van der Waals surface area (Å²) in [5.74, 6) is 0.657. The third-order valence-electron chi connectivity index (χ3n) is 2.50. The van der Waals surface area contributed by atoms with Gasteiger partial charge in [-0.25, -0.2) is 4.98 Å². The largest absolute Gasteiger partial charge is 0.345 e. The van der Waals surface area contributed by atoms with Crippen LogP contribution in [0.5, 0.6) is 0 Å². The molecule has 0 aliphatic heterocycles. The number of aromatic amines is 1. The van der Waals surface area contributed by atoms with Crippen molar-refractivity contribution in [3.63, 3.8) is 0 Å². The fourth-order valence-corrected chi connectivity index (χ4v) is 1.50. The average molecular weight is 221 g/mol. The number of likely N-dealkylation sites (N-methyl/N-ethyl adjacent to an activating group) is 1. The minimum Gasteiger partial charge on any atom is -0.345 e. The molecule has 0 atom stereocenters. The number of nitrogens with zero attached hydrogens (tertiary/aromatic N) is 1. The Morgan fingerprint density at radius 3 is 2.75 bits per heavy atom. The van der Waals surface area contributed by atoms with Gasteiger partial charge in [-0.1, -0.05) is 19.9 Å². The maximum atomic E-state index is 11.7. The molecule has 0 aliphatic carbocycles. The molecule has 0 bridgehead atoms. The molecule has 16 heavy (non-hydrogen) atoms. The zero-order valence-corrected chi connectivity index (χ0v) is 10.4. The van der Waals surface area contributed by atoms with E-state index in [4.69, 9.17) is 0 Å². The van der Waals surface area contributed by atoms with Crippen LogP contribution in [-0.2, 0) is 11.2 Å². The van der Waals surface area contributed by atoms with Gasteiger partial charge in [-0.15, -0.1) is 0 Å². The highest BCUT2D eigenvalue weighted by atomic mass is 16.2. The van der Waals surface area contributed by atoms with Crippen LogP contribution in [-0.4, -0.2) is 24.4 Å². The normalized spacial score (nSPS) is 10.5. The van der Waals surface area contributed by atoms with Crippen LogP contribution in [0.25, 0.3) is 0 Å². The van der Waals surface area contributed by atoms with E-state index in [9.17, 15) is 4.79 Å². The second-order valence-corrected chi connectivity index (χ2v) is 4.55. The van der Waals surface area contributed by atoms with Crippen LogP contribution in [0.3, 0.4) is 0 Å². The molecule has 0 aliphatic rings. The Kier molecular flexibility index (Phi) is 4.96. The molecule has 0 radical (unpaired) electrons. The van der Waals surface area contributed by atoms with Gasteiger partial charge in [-0.2, -0.15) is 0 Å². The van der Waals surface area contributed by atoms with Gasteiger partial charge in [0.05, 0.1) is 0 Å². The van der Waals surface area contributed by atoms with Crippen molar-refractivity contribution >= 4 is 5.91 Å². The molecule has 3 nitrogen and oxygen atoms in total. The minimum atomic E-state index is 0.228. The van der Waals surface area contributed by atoms with Gasteiger partial charge in [-0.3, -0.25) is 4.79 Å². The lowest BCUT2D eigenvalue weighted by Crippen LogP contribution is -2.30. The summed E-state index contributed by atoms with van der Waals surface area (Å²) in [5, 5.41) is 0. The second kappa shape index (κ2) is 6.26. The van der Waals surface area contributed by atoms with E-state index in [1.807, 2.05) is 31.4 Å². The van der Waals surface area contributed by atoms with Crippen molar-refractivity contribution in [2.24, 2.45) is 5.92 Å². The standard InChI is InChI=1S/C13H20N2O/c1-11(2)10-13(16)15(3)9-7-12-6-4-5-8-14-12/h4-6,8,11H,7,9-10H2,1-3H3/p+1. The van der Waals surface area contributed by atoms with Crippen molar-refractivity contribution in [2.45, 2.75) is 26.7 Å². The van der Waals surface area contributed by atoms with E-state index >= 15 is 0 Å². The molecule has 0 aromatic carbocycles. The highest BCUT2D eigenvalue weighted by Gasteiger charge is 2.11. The summed E-state index contributed by atoms with van der Waals surface area (Å²) < 4.78 is 0. The van der Waals surface area contributed by atoms with Gasteiger partial charge < -0.3 is 4.90 Å². The number of pyridine rings is 1. The molecule has 0 spiro atoms. The van der Waals surface area contributed by atoms with Crippen molar-refractivity contribution in [3.05, 3.63) is 30.1 Å². The lowest BCUT2D eigenvalue weighted by molar-refractivity contribution is -0.390. The lowest BCUT2D eigenvalue weighted by Gasteiger charge is -2.17. The number of aromatic nitrogens is 1. The Bertz CT molecular complexity index is 322. The molecule has 1 rings (SSSR count). The summed E-state index contributed by atoms with van der Waals surface area (Å²) in [7, 11) is 1.87. The summed E-state index contributed by atoms with van der Waals surface area (Å²) in [5.41, 5.74) is 1.16. The first kappa shape index (κ1) is 12.7. The van der Waals surface area contributed by atoms with Gasteiger partial charge in [0, 0.05) is 38.6 Å². The molecule has 1 N–H and O–H groups in total. The molecule has 1 aromatic heterocycles. The smallest absolute Gasteiger partial charge is 0.222 e. The molecule has 0 saturated carbocycles. The van der Waals surface area contributed by atoms with E-state index in [0.717, 1.165) is 18.7 Å². The molecule has 88 valence electrons. The van der Waals surface area contributed by atoms with E-state index in [2.05, 4.69) is 18.8 Å². The SMILES string of the molecule is CC(C)CC(=O)N(C)CCc1cccc[nH+]1. The number of hydrogen-bond donors (Lipinski definition) is 0. The fraction of sp³-hybridized carbons (Fsp3) is 0.538. The molecule has 0 saturated heterocycles. The lowest BCUT2D eigenvalue weighted by atomic mass is 10.1. The molecule has 1 amide bonds. The van der Waals surface area contributed by atoms with Gasteiger partial charge in [0.25, 0.3) is 0 Å². The number of hydrogen-bond acceptors (Lipinski definition) is 1. The average Bonchev–Trinajstić information content (AvgIpc) is 2.26. The van der Waals surface area contributed by atoms with Crippen molar-refractivity contribution in [1.29, 1.82) is 0 Å². The number of nitrogens with one attached hydrogen (secondary N) is 1. The molecular weight excluding hydrogens is 200 g/mol. The third-order valence-corrected chi connectivity index (χ3v) is 2.50. The van der Waals surface area contributed by atoms with Gasteiger partial charge in [0.2, 0.25) is 5.91 Å². The number of H-pyrrole nitrogens is 1. The van der Waals surface area contributed by atoms with Crippen molar-refractivity contribution in [3.8, 4) is 0 Å². The van der Waals surface area contributed by atoms with Crippen molar-refractivity contribution in [2.75, 3.05) is 13.6 Å². The highest BCUT2D eigenvalue weighted by molar-refractivity contribution is 5.76. The molecule has 1 aromatic rings. The monoisotopic (exact) mass is 221 g/mol. The Labute approximate surface area is 97.5 Å². The summed E-state index contributed by atoms with van der Waals surface area (Å²) in [4.78, 5) is 16.7. The molecule has 3 heteroatoms. The summed E-state index contributed by atoms with van der Waals surface area (Å²) in [6.07, 6.45) is 3.42. The summed E-state index contributed by atoms with van der Waals surface area (Å²) >= 11 is 0. The number of amides is 1. The van der Waals surface area contributed by atoms with E-state index in [0.29, 0.717) is 12.3 Å². The molecule has 0 fully saturated rings. The zero-order valence-electron chi connectivity index (χ0n) is 10.4. The molecular formula is C13H21N2O+. The van der Waals surface area contributed by atoms with E-state index in [1.54, 1.807) is 4.90 Å². The predicted octanol–water partition coefficient (Wildman–Crippen LogP) is 1.55. The summed E-state index contributed by atoms with van der Waals surface area (Å²) in [6, 6.07) is 6.00. The Morgan fingerprint density at radius 1 is 1.44 bits per heavy atom.